The van der Waals surface area contributed by atoms with E-state index in [-0.39, 0.29) is 5.91 Å². The molecule has 0 aliphatic heterocycles. The van der Waals surface area contributed by atoms with E-state index in [2.05, 4.69) is 10.5 Å². The Labute approximate surface area is 134 Å². The third-order valence-electron chi connectivity index (χ3n) is 2.97. The zero-order valence-electron chi connectivity index (χ0n) is 12.6. The van der Waals surface area contributed by atoms with Crippen molar-refractivity contribution < 1.29 is 9.53 Å². The van der Waals surface area contributed by atoms with Gasteiger partial charge < -0.3 is 4.74 Å². The number of rotatable bonds is 6. The van der Waals surface area contributed by atoms with Crippen LogP contribution < -0.4 is 10.2 Å². The number of carbonyl (C=O) groups is 1. The van der Waals surface area contributed by atoms with Gasteiger partial charge in [-0.25, -0.2) is 5.43 Å². The topological polar surface area (TPSA) is 50.7 Å². The SMILES string of the molecule is COc1ccc(C=NNC(=O)CSc2ccccc2C)cc1. The summed E-state index contributed by atoms with van der Waals surface area (Å²) in [5, 5.41) is 3.95. The van der Waals surface area contributed by atoms with Crippen molar-refractivity contribution in [2.24, 2.45) is 5.10 Å². The van der Waals surface area contributed by atoms with Gasteiger partial charge in [0, 0.05) is 4.90 Å². The quantitative estimate of drug-likeness (QED) is 0.506. The highest BCUT2D eigenvalue weighted by Gasteiger charge is 2.03. The summed E-state index contributed by atoms with van der Waals surface area (Å²) in [7, 11) is 1.62. The number of benzene rings is 2. The molecule has 0 saturated carbocycles. The highest BCUT2D eigenvalue weighted by molar-refractivity contribution is 8.00. The van der Waals surface area contributed by atoms with E-state index in [1.807, 2.05) is 55.5 Å². The van der Waals surface area contributed by atoms with E-state index in [0.717, 1.165) is 16.2 Å². The fourth-order valence-electron chi connectivity index (χ4n) is 1.76. The van der Waals surface area contributed by atoms with Crippen LogP contribution in [0.1, 0.15) is 11.1 Å². The van der Waals surface area contributed by atoms with Gasteiger partial charge in [-0.05, 0) is 48.4 Å². The minimum atomic E-state index is -0.127. The van der Waals surface area contributed by atoms with Gasteiger partial charge in [-0.15, -0.1) is 11.8 Å². The zero-order chi connectivity index (χ0) is 15.8. The van der Waals surface area contributed by atoms with Crippen molar-refractivity contribution in [2.75, 3.05) is 12.9 Å². The summed E-state index contributed by atoms with van der Waals surface area (Å²) in [4.78, 5) is 12.9. The molecule has 2 aromatic rings. The van der Waals surface area contributed by atoms with Crippen molar-refractivity contribution in [1.82, 2.24) is 5.43 Å². The molecule has 0 bridgehead atoms. The third kappa shape index (κ3) is 4.93. The molecule has 0 radical (unpaired) electrons. The van der Waals surface area contributed by atoms with E-state index in [4.69, 9.17) is 4.74 Å². The van der Waals surface area contributed by atoms with Crippen LogP contribution in [0.25, 0.3) is 0 Å². The van der Waals surface area contributed by atoms with Gasteiger partial charge in [-0.2, -0.15) is 5.10 Å². The molecular formula is C17H18N2O2S. The van der Waals surface area contributed by atoms with Crippen molar-refractivity contribution in [2.45, 2.75) is 11.8 Å². The molecule has 114 valence electrons. The van der Waals surface area contributed by atoms with E-state index in [1.165, 1.54) is 17.3 Å². The van der Waals surface area contributed by atoms with E-state index in [9.17, 15) is 4.79 Å². The average molecular weight is 314 g/mol. The molecule has 0 spiro atoms. The second-order valence-corrected chi connectivity index (χ2v) is 5.64. The van der Waals surface area contributed by atoms with E-state index >= 15 is 0 Å². The minimum Gasteiger partial charge on any atom is -0.497 e. The van der Waals surface area contributed by atoms with Crippen molar-refractivity contribution >= 4 is 23.9 Å². The van der Waals surface area contributed by atoms with Gasteiger partial charge in [0.2, 0.25) is 5.91 Å². The number of aryl methyl sites for hydroxylation is 1. The fourth-order valence-corrected chi connectivity index (χ4v) is 2.58. The highest BCUT2D eigenvalue weighted by Crippen LogP contribution is 2.21. The first-order valence-electron chi connectivity index (χ1n) is 6.83. The Bertz CT molecular complexity index is 654. The molecule has 0 heterocycles. The second kappa shape index (κ2) is 8.24. The van der Waals surface area contributed by atoms with Crippen LogP contribution in [-0.2, 0) is 4.79 Å². The number of carbonyl (C=O) groups excluding carboxylic acids is 1. The molecule has 1 amide bonds. The molecule has 0 aliphatic rings. The van der Waals surface area contributed by atoms with Crippen LogP contribution in [0, 0.1) is 6.92 Å². The molecule has 22 heavy (non-hydrogen) atoms. The normalized spacial score (nSPS) is 10.6. The first kappa shape index (κ1) is 16.1. The Morgan fingerprint density at radius 2 is 1.95 bits per heavy atom. The van der Waals surface area contributed by atoms with Crippen molar-refractivity contribution in [1.29, 1.82) is 0 Å². The standard InChI is InChI=1S/C17H18N2O2S/c1-13-5-3-4-6-16(13)22-12-17(20)19-18-11-14-7-9-15(21-2)10-8-14/h3-11H,12H2,1-2H3,(H,19,20). The van der Waals surface area contributed by atoms with E-state index in [0.29, 0.717) is 5.75 Å². The Morgan fingerprint density at radius 3 is 2.64 bits per heavy atom. The lowest BCUT2D eigenvalue weighted by molar-refractivity contribution is -0.118. The number of hydrogen-bond donors (Lipinski definition) is 1. The van der Waals surface area contributed by atoms with Crippen LogP contribution in [-0.4, -0.2) is 25.0 Å². The lowest BCUT2D eigenvalue weighted by atomic mass is 10.2. The van der Waals surface area contributed by atoms with Gasteiger partial charge in [0.15, 0.2) is 0 Å². The summed E-state index contributed by atoms with van der Waals surface area (Å²) in [6, 6.07) is 15.4. The minimum absolute atomic E-state index is 0.127. The number of ether oxygens (including phenoxy) is 1. The van der Waals surface area contributed by atoms with Crippen molar-refractivity contribution in [3.63, 3.8) is 0 Å². The number of thioether (sulfide) groups is 1. The molecule has 5 heteroatoms. The summed E-state index contributed by atoms with van der Waals surface area (Å²) in [5.41, 5.74) is 4.59. The van der Waals surface area contributed by atoms with E-state index in [1.54, 1.807) is 13.3 Å². The third-order valence-corrected chi connectivity index (χ3v) is 4.15. The maximum atomic E-state index is 11.8. The molecule has 0 unspecified atom stereocenters. The molecule has 1 N–H and O–H groups in total. The average Bonchev–Trinajstić information content (AvgIpc) is 2.55. The largest absolute Gasteiger partial charge is 0.497 e. The summed E-state index contributed by atoms with van der Waals surface area (Å²) >= 11 is 1.50. The lowest BCUT2D eigenvalue weighted by Crippen LogP contribution is -2.19. The van der Waals surface area contributed by atoms with E-state index < -0.39 is 0 Å². The predicted molar refractivity (Wildman–Crippen MR) is 90.6 cm³/mol. The molecule has 2 aromatic carbocycles. The number of methoxy groups -OCH3 is 1. The maximum absolute atomic E-state index is 11.8. The lowest BCUT2D eigenvalue weighted by Gasteiger charge is -2.04. The Balaban J connectivity index is 1.79. The molecule has 0 saturated heterocycles. The molecule has 0 atom stereocenters. The monoisotopic (exact) mass is 314 g/mol. The van der Waals surface area contributed by atoms with Gasteiger partial charge in [0.05, 0.1) is 19.1 Å². The first-order chi connectivity index (χ1) is 10.7. The summed E-state index contributed by atoms with van der Waals surface area (Å²) in [6.07, 6.45) is 1.61. The summed E-state index contributed by atoms with van der Waals surface area (Å²) in [6.45, 7) is 2.03. The number of hydrazone groups is 1. The Kier molecular flexibility index (Phi) is 6.03. The Hall–Kier alpha value is -2.27. The predicted octanol–water partition coefficient (Wildman–Crippen LogP) is 3.25. The van der Waals surface area contributed by atoms with Crippen molar-refractivity contribution in [3.8, 4) is 5.75 Å². The summed E-state index contributed by atoms with van der Waals surface area (Å²) in [5.74, 6) is 0.999. The number of nitrogens with one attached hydrogen (secondary N) is 1. The van der Waals surface area contributed by atoms with Crippen molar-refractivity contribution in [3.05, 3.63) is 59.7 Å². The van der Waals surface area contributed by atoms with Crippen LogP contribution in [0.5, 0.6) is 5.75 Å². The smallest absolute Gasteiger partial charge is 0.250 e. The fraction of sp³-hybridized carbons (Fsp3) is 0.176. The molecule has 2 rings (SSSR count). The van der Waals surface area contributed by atoms with Crippen LogP contribution in [0.4, 0.5) is 0 Å². The first-order valence-corrected chi connectivity index (χ1v) is 7.82. The highest BCUT2D eigenvalue weighted by atomic mass is 32.2. The molecule has 0 aliphatic carbocycles. The number of nitrogens with zero attached hydrogens (tertiary/aromatic N) is 1. The number of amides is 1. The Morgan fingerprint density at radius 1 is 1.23 bits per heavy atom. The van der Waals surface area contributed by atoms with Crippen LogP contribution in [0.15, 0.2) is 58.5 Å². The molecular weight excluding hydrogens is 296 g/mol. The van der Waals surface area contributed by atoms with Gasteiger partial charge >= 0.3 is 0 Å². The van der Waals surface area contributed by atoms with Gasteiger partial charge in [-0.1, -0.05) is 18.2 Å². The second-order valence-electron chi connectivity index (χ2n) is 4.62. The van der Waals surface area contributed by atoms with Gasteiger partial charge in [-0.3, -0.25) is 4.79 Å². The van der Waals surface area contributed by atoms with Crippen LogP contribution in [0.2, 0.25) is 0 Å². The zero-order valence-corrected chi connectivity index (χ0v) is 13.4. The van der Waals surface area contributed by atoms with Gasteiger partial charge in [0.25, 0.3) is 0 Å². The molecule has 4 nitrogen and oxygen atoms in total. The summed E-state index contributed by atoms with van der Waals surface area (Å²) < 4.78 is 5.08. The molecule has 0 aromatic heterocycles. The van der Waals surface area contributed by atoms with Crippen LogP contribution in [0.3, 0.4) is 0 Å². The molecule has 0 fully saturated rings. The van der Waals surface area contributed by atoms with Gasteiger partial charge in [0.1, 0.15) is 5.75 Å². The maximum Gasteiger partial charge on any atom is 0.250 e. The number of hydrogen-bond acceptors (Lipinski definition) is 4. The van der Waals surface area contributed by atoms with Crippen LogP contribution >= 0.6 is 11.8 Å².